The van der Waals surface area contributed by atoms with Crippen molar-refractivity contribution < 1.29 is 19.1 Å². The number of carboxylic acids is 1. The Morgan fingerprint density at radius 3 is 2.78 bits per heavy atom. The van der Waals surface area contributed by atoms with Gasteiger partial charge in [-0.2, -0.15) is 0 Å². The summed E-state index contributed by atoms with van der Waals surface area (Å²) >= 11 is 1.23. The lowest BCUT2D eigenvalue weighted by molar-refractivity contribution is -0.133. The average Bonchev–Trinajstić information content (AvgIpc) is 2.31. The molecule has 1 rings (SSSR count). The lowest BCUT2D eigenvalue weighted by Crippen LogP contribution is -2.26. The molecule has 18 heavy (non-hydrogen) atoms. The summed E-state index contributed by atoms with van der Waals surface area (Å²) in [5, 5.41) is 11.1. The highest BCUT2D eigenvalue weighted by atomic mass is 32.2. The maximum atomic E-state index is 13.0. The van der Waals surface area contributed by atoms with E-state index in [-0.39, 0.29) is 17.5 Å². The number of thioether (sulfide) groups is 1. The molecule has 0 spiro atoms. The minimum atomic E-state index is -0.875. The topological polar surface area (TPSA) is 66.4 Å². The second-order valence-corrected chi connectivity index (χ2v) is 4.77. The third kappa shape index (κ3) is 4.75. The predicted octanol–water partition coefficient (Wildman–Crippen LogP) is 1.68. The van der Waals surface area contributed by atoms with Gasteiger partial charge in [-0.3, -0.25) is 9.59 Å². The standard InChI is InChI=1S/C12H14FNO3S/c1-8-6-9(2-3-10(8)13)12(17)14-4-5-18-7-11(15)16/h2-3,6H,4-5,7H2,1H3,(H,14,17)(H,15,16). The van der Waals surface area contributed by atoms with E-state index in [0.29, 0.717) is 23.4 Å². The van der Waals surface area contributed by atoms with E-state index >= 15 is 0 Å². The molecule has 6 heteroatoms. The molecule has 0 fully saturated rings. The molecule has 0 heterocycles. The van der Waals surface area contributed by atoms with Crippen LogP contribution in [0.4, 0.5) is 4.39 Å². The number of nitrogens with one attached hydrogen (secondary N) is 1. The molecule has 1 amide bonds. The van der Waals surface area contributed by atoms with Gasteiger partial charge in [-0.05, 0) is 30.7 Å². The maximum absolute atomic E-state index is 13.0. The third-order valence-electron chi connectivity index (χ3n) is 2.18. The SMILES string of the molecule is Cc1cc(C(=O)NCCSCC(=O)O)ccc1F. The zero-order valence-corrected chi connectivity index (χ0v) is 10.7. The minimum Gasteiger partial charge on any atom is -0.481 e. The summed E-state index contributed by atoms with van der Waals surface area (Å²) in [6.07, 6.45) is 0. The molecule has 0 aliphatic rings. The van der Waals surface area contributed by atoms with Crippen LogP contribution in [0, 0.1) is 12.7 Å². The van der Waals surface area contributed by atoms with E-state index < -0.39 is 5.97 Å². The quantitative estimate of drug-likeness (QED) is 0.773. The molecule has 0 bridgehead atoms. The van der Waals surface area contributed by atoms with Crippen molar-refractivity contribution in [2.45, 2.75) is 6.92 Å². The van der Waals surface area contributed by atoms with Crippen molar-refractivity contribution in [2.75, 3.05) is 18.1 Å². The van der Waals surface area contributed by atoms with Gasteiger partial charge < -0.3 is 10.4 Å². The van der Waals surface area contributed by atoms with Gasteiger partial charge in [-0.25, -0.2) is 4.39 Å². The Labute approximate surface area is 109 Å². The first-order chi connectivity index (χ1) is 8.50. The van der Waals surface area contributed by atoms with Crippen LogP contribution < -0.4 is 5.32 Å². The number of benzene rings is 1. The Balaban J connectivity index is 2.36. The van der Waals surface area contributed by atoms with Crippen LogP contribution in [0.3, 0.4) is 0 Å². The van der Waals surface area contributed by atoms with E-state index in [4.69, 9.17) is 5.11 Å². The number of carbonyl (C=O) groups is 2. The molecule has 0 unspecified atom stereocenters. The molecule has 1 aromatic rings. The fraction of sp³-hybridized carbons (Fsp3) is 0.333. The lowest BCUT2D eigenvalue weighted by atomic mass is 10.1. The number of halogens is 1. The van der Waals surface area contributed by atoms with Crippen molar-refractivity contribution in [3.63, 3.8) is 0 Å². The Hall–Kier alpha value is -1.56. The maximum Gasteiger partial charge on any atom is 0.313 e. The van der Waals surface area contributed by atoms with Gasteiger partial charge in [-0.1, -0.05) is 0 Å². The van der Waals surface area contributed by atoms with Gasteiger partial charge in [0.25, 0.3) is 5.91 Å². The summed E-state index contributed by atoms with van der Waals surface area (Å²) in [4.78, 5) is 21.9. The van der Waals surface area contributed by atoms with Gasteiger partial charge in [0.2, 0.25) is 0 Å². The van der Waals surface area contributed by atoms with Crippen molar-refractivity contribution in [3.8, 4) is 0 Å². The van der Waals surface area contributed by atoms with Crippen LogP contribution in [0.15, 0.2) is 18.2 Å². The Morgan fingerprint density at radius 1 is 1.44 bits per heavy atom. The Morgan fingerprint density at radius 2 is 2.17 bits per heavy atom. The average molecular weight is 271 g/mol. The summed E-state index contributed by atoms with van der Waals surface area (Å²) < 4.78 is 13.0. The summed E-state index contributed by atoms with van der Waals surface area (Å²) in [5.74, 6) is -0.956. The van der Waals surface area contributed by atoms with Crippen LogP contribution in [0.1, 0.15) is 15.9 Å². The molecule has 0 atom stereocenters. The van der Waals surface area contributed by atoms with Gasteiger partial charge in [0, 0.05) is 17.9 Å². The van der Waals surface area contributed by atoms with Gasteiger partial charge in [-0.15, -0.1) is 11.8 Å². The summed E-state index contributed by atoms with van der Waals surface area (Å²) in [6.45, 7) is 1.97. The molecule has 0 radical (unpaired) electrons. The lowest BCUT2D eigenvalue weighted by Gasteiger charge is -2.05. The molecular weight excluding hydrogens is 257 g/mol. The number of carboxylic acid groups (broad SMARTS) is 1. The van der Waals surface area contributed by atoms with E-state index in [1.807, 2.05) is 0 Å². The van der Waals surface area contributed by atoms with Crippen LogP contribution in [0.25, 0.3) is 0 Å². The van der Waals surface area contributed by atoms with Crippen LogP contribution in [-0.2, 0) is 4.79 Å². The van der Waals surface area contributed by atoms with Crippen molar-refractivity contribution in [1.29, 1.82) is 0 Å². The first-order valence-electron chi connectivity index (χ1n) is 5.34. The monoisotopic (exact) mass is 271 g/mol. The fourth-order valence-electron chi connectivity index (χ4n) is 1.28. The van der Waals surface area contributed by atoms with Crippen molar-refractivity contribution in [2.24, 2.45) is 0 Å². The number of carbonyl (C=O) groups excluding carboxylic acids is 1. The highest BCUT2D eigenvalue weighted by Gasteiger charge is 2.07. The second-order valence-electron chi connectivity index (χ2n) is 3.67. The largest absolute Gasteiger partial charge is 0.481 e. The van der Waals surface area contributed by atoms with Crippen LogP contribution in [0.2, 0.25) is 0 Å². The van der Waals surface area contributed by atoms with Crippen LogP contribution >= 0.6 is 11.8 Å². The Bertz CT molecular complexity index is 451. The zero-order chi connectivity index (χ0) is 13.5. The molecule has 0 aromatic heterocycles. The van der Waals surface area contributed by atoms with Gasteiger partial charge >= 0.3 is 5.97 Å². The van der Waals surface area contributed by atoms with Crippen molar-refractivity contribution in [1.82, 2.24) is 5.32 Å². The minimum absolute atomic E-state index is 0.0194. The smallest absolute Gasteiger partial charge is 0.313 e. The number of hydrogen-bond donors (Lipinski definition) is 2. The van der Waals surface area contributed by atoms with Crippen LogP contribution in [0.5, 0.6) is 0 Å². The van der Waals surface area contributed by atoms with Crippen molar-refractivity contribution >= 4 is 23.6 Å². The summed E-state index contributed by atoms with van der Waals surface area (Å²) in [7, 11) is 0. The number of hydrogen-bond acceptors (Lipinski definition) is 3. The highest BCUT2D eigenvalue weighted by molar-refractivity contribution is 7.99. The Kier molecular flexibility index (Phi) is 5.64. The summed E-state index contributed by atoms with van der Waals surface area (Å²) in [6, 6.07) is 4.15. The third-order valence-corrected chi connectivity index (χ3v) is 3.12. The molecule has 1 aromatic carbocycles. The molecule has 0 saturated heterocycles. The highest BCUT2D eigenvalue weighted by Crippen LogP contribution is 2.09. The van der Waals surface area contributed by atoms with E-state index in [1.54, 1.807) is 6.92 Å². The van der Waals surface area contributed by atoms with E-state index in [9.17, 15) is 14.0 Å². The van der Waals surface area contributed by atoms with Gasteiger partial charge in [0.05, 0.1) is 5.75 Å². The predicted molar refractivity (Wildman–Crippen MR) is 68.4 cm³/mol. The molecule has 4 nitrogen and oxygen atoms in total. The van der Waals surface area contributed by atoms with E-state index in [1.165, 1.54) is 30.0 Å². The summed E-state index contributed by atoms with van der Waals surface area (Å²) in [5.41, 5.74) is 0.819. The molecular formula is C12H14FNO3S. The fourth-order valence-corrected chi connectivity index (χ4v) is 1.85. The number of rotatable bonds is 6. The number of amides is 1. The van der Waals surface area contributed by atoms with Gasteiger partial charge in [0.1, 0.15) is 5.82 Å². The first kappa shape index (κ1) is 14.5. The molecule has 0 saturated carbocycles. The molecule has 2 N–H and O–H groups in total. The second kappa shape index (κ2) is 7.00. The van der Waals surface area contributed by atoms with E-state index in [2.05, 4.69) is 5.32 Å². The zero-order valence-electron chi connectivity index (χ0n) is 9.90. The first-order valence-corrected chi connectivity index (χ1v) is 6.50. The molecule has 0 aliphatic carbocycles. The van der Waals surface area contributed by atoms with Gasteiger partial charge in [0.15, 0.2) is 0 Å². The number of aliphatic carboxylic acids is 1. The van der Waals surface area contributed by atoms with E-state index in [0.717, 1.165) is 0 Å². The normalized spacial score (nSPS) is 10.1. The molecule has 0 aliphatic heterocycles. The van der Waals surface area contributed by atoms with Crippen molar-refractivity contribution in [3.05, 3.63) is 35.1 Å². The molecule has 98 valence electrons. The number of aryl methyl sites for hydroxylation is 1. The van der Waals surface area contributed by atoms with Crippen LogP contribution in [-0.4, -0.2) is 35.0 Å².